The summed E-state index contributed by atoms with van der Waals surface area (Å²) in [5, 5.41) is 0. The van der Waals surface area contributed by atoms with Gasteiger partial charge in [0.1, 0.15) is 0 Å². The number of hydrogen-bond acceptors (Lipinski definition) is 3. The number of rotatable bonds is 3. The first-order valence-electron chi connectivity index (χ1n) is 5.21. The summed E-state index contributed by atoms with van der Waals surface area (Å²) in [5.41, 5.74) is 5.94. The second-order valence-electron chi connectivity index (χ2n) is 4.30. The minimum absolute atomic E-state index is 0.152. The van der Waals surface area contributed by atoms with Crippen LogP contribution >= 0.6 is 0 Å². The van der Waals surface area contributed by atoms with Gasteiger partial charge in [0.05, 0.1) is 0 Å². The molecule has 2 atom stereocenters. The van der Waals surface area contributed by atoms with Crippen molar-refractivity contribution < 1.29 is 0 Å². The summed E-state index contributed by atoms with van der Waals surface area (Å²) in [5.74, 6) is 2.63. The molecule has 14 heavy (non-hydrogen) atoms. The van der Waals surface area contributed by atoms with E-state index in [0.29, 0.717) is 12.5 Å². The van der Waals surface area contributed by atoms with Gasteiger partial charge in [-0.25, -0.2) is 0 Å². The Morgan fingerprint density at radius 1 is 1.50 bits per heavy atom. The molecule has 3 heteroatoms. The van der Waals surface area contributed by atoms with Crippen LogP contribution in [0.1, 0.15) is 12.8 Å². The molecule has 1 rings (SSSR count). The van der Waals surface area contributed by atoms with Crippen molar-refractivity contribution in [1.29, 1.82) is 0 Å². The van der Waals surface area contributed by atoms with Gasteiger partial charge < -0.3 is 15.5 Å². The smallest absolute Gasteiger partial charge is 0.0239 e. The number of nitrogens with zero attached hydrogens (tertiary/aromatic N) is 2. The maximum atomic E-state index is 5.94. The zero-order valence-electron chi connectivity index (χ0n) is 9.24. The summed E-state index contributed by atoms with van der Waals surface area (Å²) in [4.78, 5) is 4.74. The van der Waals surface area contributed by atoms with Crippen LogP contribution in [0.25, 0.3) is 0 Å². The second kappa shape index (κ2) is 5.35. The summed E-state index contributed by atoms with van der Waals surface area (Å²) in [6.45, 7) is 3.39. The van der Waals surface area contributed by atoms with Crippen molar-refractivity contribution in [3.05, 3.63) is 0 Å². The van der Waals surface area contributed by atoms with E-state index in [1.54, 1.807) is 0 Å². The minimum atomic E-state index is 0.152. The van der Waals surface area contributed by atoms with Crippen molar-refractivity contribution >= 4 is 0 Å². The molecule has 0 saturated carbocycles. The first kappa shape index (κ1) is 11.5. The molecule has 0 aromatic carbocycles. The molecule has 0 radical (unpaired) electrons. The summed E-state index contributed by atoms with van der Waals surface area (Å²) >= 11 is 0. The summed E-state index contributed by atoms with van der Waals surface area (Å²) in [7, 11) is 4.33. The lowest BCUT2D eigenvalue weighted by atomic mass is 10.0. The van der Waals surface area contributed by atoms with Gasteiger partial charge in [0, 0.05) is 38.1 Å². The number of hydrogen-bond donors (Lipinski definition) is 1. The summed E-state index contributed by atoms with van der Waals surface area (Å²) < 4.78 is 0. The number of likely N-dealkylation sites (N-methyl/N-ethyl adjacent to an activating group) is 2. The summed E-state index contributed by atoms with van der Waals surface area (Å²) in [6, 6.07) is 0.719. The van der Waals surface area contributed by atoms with E-state index >= 15 is 0 Å². The van der Waals surface area contributed by atoms with E-state index in [1.165, 1.54) is 0 Å². The van der Waals surface area contributed by atoms with Crippen molar-refractivity contribution in [2.75, 3.05) is 33.7 Å². The van der Waals surface area contributed by atoms with Gasteiger partial charge in [-0.15, -0.1) is 12.3 Å². The monoisotopic (exact) mass is 195 g/mol. The highest BCUT2D eigenvalue weighted by Crippen LogP contribution is 2.11. The van der Waals surface area contributed by atoms with Gasteiger partial charge in [0.2, 0.25) is 0 Å². The Morgan fingerprint density at radius 3 is 2.86 bits per heavy atom. The molecule has 80 valence electrons. The molecular weight excluding hydrogens is 174 g/mol. The molecule has 2 unspecified atom stereocenters. The average molecular weight is 195 g/mol. The molecule has 1 fully saturated rings. The van der Waals surface area contributed by atoms with Crippen LogP contribution in [0.5, 0.6) is 0 Å². The van der Waals surface area contributed by atoms with Crippen LogP contribution in [-0.4, -0.2) is 55.6 Å². The predicted molar refractivity (Wildman–Crippen MR) is 60.0 cm³/mol. The minimum Gasteiger partial charge on any atom is -0.327 e. The normalized spacial score (nSPS) is 27.1. The standard InChI is InChI=1S/C11H21N3/c1-4-5-10(12)8-11-9-13(2)6-7-14(11)3/h1,10-11H,5-9,12H2,2-3H3. The maximum absolute atomic E-state index is 5.94. The number of nitrogens with two attached hydrogens (primary N) is 1. The molecule has 0 aromatic heterocycles. The second-order valence-corrected chi connectivity index (χ2v) is 4.30. The molecule has 1 saturated heterocycles. The van der Waals surface area contributed by atoms with E-state index in [4.69, 9.17) is 12.2 Å². The van der Waals surface area contributed by atoms with Gasteiger partial charge in [-0.3, -0.25) is 0 Å². The van der Waals surface area contributed by atoms with Crippen molar-refractivity contribution in [2.24, 2.45) is 5.73 Å². The third-order valence-corrected chi connectivity index (χ3v) is 2.94. The van der Waals surface area contributed by atoms with Gasteiger partial charge in [0.15, 0.2) is 0 Å². The molecule has 0 aromatic rings. The van der Waals surface area contributed by atoms with Crippen molar-refractivity contribution in [3.63, 3.8) is 0 Å². The SMILES string of the molecule is C#CCC(N)CC1CN(C)CCN1C. The lowest BCUT2D eigenvalue weighted by molar-refractivity contribution is 0.104. The topological polar surface area (TPSA) is 32.5 Å². The van der Waals surface area contributed by atoms with Crippen molar-refractivity contribution in [2.45, 2.75) is 24.9 Å². The zero-order valence-corrected chi connectivity index (χ0v) is 9.24. The van der Waals surface area contributed by atoms with Crippen molar-refractivity contribution in [3.8, 4) is 12.3 Å². The Hall–Kier alpha value is -0.560. The maximum Gasteiger partial charge on any atom is 0.0239 e. The molecular formula is C11H21N3. The van der Waals surface area contributed by atoms with E-state index < -0.39 is 0 Å². The average Bonchev–Trinajstić information content (AvgIpc) is 2.12. The van der Waals surface area contributed by atoms with Crippen LogP contribution in [0, 0.1) is 12.3 Å². The molecule has 1 aliphatic heterocycles. The van der Waals surface area contributed by atoms with Crippen LogP contribution in [0.3, 0.4) is 0 Å². The van der Waals surface area contributed by atoms with Crippen LogP contribution in [0.4, 0.5) is 0 Å². The molecule has 0 spiro atoms. The number of terminal acetylenes is 1. The Morgan fingerprint density at radius 2 is 2.21 bits per heavy atom. The molecule has 1 aliphatic rings. The molecule has 2 N–H and O–H groups in total. The quantitative estimate of drug-likeness (QED) is 0.642. The van der Waals surface area contributed by atoms with Crippen LogP contribution in [0.15, 0.2) is 0 Å². The van der Waals surface area contributed by atoms with Gasteiger partial charge >= 0.3 is 0 Å². The highest BCUT2D eigenvalue weighted by atomic mass is 15.3. The Bertz CT molecular complexity index is 209. The highest BCUT2D eigenvalue weighted by Gasteiger charge is 2.23. The Kier molecular flexibility index (Phi) is 4.40. The van der Waals surface area contributed by atoms with Gasteiger partial charge in [-0.2, -0.15) is 0 Å². The molecule has 0 bridgehead atoms. The van der Waals surface area contributed by atoms with E-state index in [-0.39, 0.29) is 6.04 Å². The van der Waals surface area contributed by atoms with E-state index in [2.05, 4.69) is 29.8 Å². The van der Waals surface area contributed by atoms with E-state index in [1.807, 2.05) is 0 Å². The Labute approximate surface area is 87.2 Å². The first-order valence-corrected chi connectivity index (χ1v) is 5.21. The van der Waals surface area contributed by atoms with E-state index in [9.17, 15) is 0 Å². The fourth-order valence-corrected chi connectivity index (χ4v) is 1.94. The van der Waals surface area contributed by atoms with Crippen LogP contribution < -0.4 is 5.73 Å². The molecule has 0 amide bonds. The fraction of sp³-hybridized carbons (Fsp3) is 0.818. The highest BCUT2D eigenvalue weighted by molar-refractivity contribution is 4.91. The zero-order chi connectivity index (χ0) is 10.6. The molecule has 0 aliphatic carbocycles. The first-order chi connectivity index (χ1) is 6.63. The largest absolute Gasteiger partial charge is 0.327 e. The van der Waals surface area contributed by atoms with Crippen LogP contribution in [0.2, 0.25) is 0 Å². The van der Waals surface area contributed by atoms with Gasteiger partial charge in [0.25, 0.3) is 0 Å². The van der Waals surface area contributed by atoms with Crippen molar-refractivity contribution in [1.82, 2.24) is 9.80 Å². The van der Waals surface area contributed by atoms with Crippen LogP contribution in [-0.2, 0) is 0 Å². The third-order valence-electron chi connectivity index (χ3n) is 2.94. The summed E-state index contributed by atoms with van der Waals surface area (Å²) in [6.07, 6.45) is 6.94. The lowest BCUT2D eigenvalue weighted by Crippen LogP contribution is -2.51. The van der Waals surface area contributed by atoms with E-state index in [0.717, 1.165) is 26.1 Å². The lowest BCUT2D eigenvalue weighted by Gasteiger charge is -2.38. The van der Waals surface area contributed by atoms with Gasteiger partial charge in [-0.1, -0.05) is 0 Å². The third kappa shape index (κ3) is 3.30. The number of piperazine rings is 1. The molecule has 1 heterocycles. The Balaban J connectivity index is 2.38. The van der Waals surface area contributed by atoms with Gasteiger partial charge in [-0.05, 0) is 20.5 Å². The molecule has 3 nitrogen and oxygen atoms in total. The predicted octanol–water partition coefficient (Wildman–Crippen LogP) is -0.0271. The fourth-order valence-electron chi connectivity index (χ4n) is 1.94.